The number of hydrogen-bond acceptors (Lipinski definition) is 1. The maximum atomic E-state index is 10.7. The summed E-state index contributed by atoms with van der Waals surface area (Å²) in [6, 6.07) is 0. The number of nitrogens with zero attached hydrogens (tertiary/aromatic N) is 1. The maximum absolute atomic E-state index is 10.7. The van der Waals surface area contributed by atoms with Gasteiger partial charge in [-0.1, -0.05) is 0 Å². The van der Waals surface area contributed by atoms with E-state index in [0.717, 1.165) is 0 Å². The van der Waals surface area contributed by atoms with Crippen LogP contribution in [-0.2, 0) is 4.57 Å². The molecule has 0 saturated carbocycles. The maximum Gasteiger partial charge on any atom is 0.333 e. The van der Waals surface area contributed by atoms with Crippen LogP contribution in [0.1, 0.15) is 6.92 Å². The van der Waals surface area contributed by atoms with Gasteiger partial charge in [0.15, 0.2) is 0 Å². The molecule has 0 aliphatic rings. The third-order valence-corrected chi connectivity index (χ3v) is 2.70. The Morgan fingerprint density at radius 2 is 1.73 bits per heavy atom. The first-order chi connectivity index (χ1) is 4.63. The predicted octanol–water partition coefficient (Wildman–Crippen LogP) is 0.259. The van der Waals surface area contributed by atoms with Crippen molar-refractivity contribution in [2.24, 2.45) is 0 Å². The molecule has 0 aliphatic heterocycles. The largest absolute Gasteiger partial charge is 0.333 e. The molecule has 1 unspecified atom stereocenters. The van der Waals surface area contributed by atoms with Crippen molar-refractivity contribution in [3.8, 4) is 0 Å². The van der Waals surface area contributed by atoms with Gasteiger partial charge in [0.25, 0.3) is 0 Å². The van der Waals surface area contributed by atoms with Gasteiger partial charge in [0, 0.05) is 0 Å². The predicted molar refractivity (Wildman–Crippen MR) is 44.4 cm³/mol. The Kier molecular flexibility index (Phi) is 3.27. The van der Waals surface area contributed by atoms with Crippen molar-refractivity contribution in [2.75, 3.05) is 27.7 Å². The average Bonchev–Trinajstić information content (AvgIpc) is 1.56. The van der Waals surface area contributed by atoms with Gasteiger partial charge in [0.1, 0.15) is 5.66 Å². The molecule has 68 valence electrons. The first-order valence-electron chi connectivity index (χ1n) is 3.48. The lowest BCUT2D eigenvalue weighted by molar-refractivity contribution is -0.869. The van der Waals surface area contributed by atoms with Crippen molar-refractivity contribution in [1.82, 2.24) is 0 Å². The second-order valence-corrected chi connectivity index (χ2v) is 5.97. The second-order valence-electron chi connectivity index (χ2n) is 3.91. The molecule has 0 amide bonds. The average molecular weight is 182 g/mol. The fraction of sp³-hybridized carbons (Fsp3) is 1.00. The SMILES string of the molecule is CC(C[N+](C)(C)C)P(=O)(O)O. The van der Waals surface area contributed by atoms with Crippen LogP contribution in [-0.4, -0.2) is 47.6 Å². The van der Waals surface area contributed by atoms with E-state index in [9.17, 15) is 4.57 Å². The van der Waals surface area contributed by atoms with Gasteiger partial charge < -0.3 is 14.3 Å². The second kappa shape index (κ2) is 3.23. The van der Waals surface area contributed by atoms with Crippen molar-refractivity contribution in [3.63, 3.8) is 0 Å². The molecule has 0 aromatic heterocycles. The Morgan fingerprint density at radius 1 is 1.36 bits per heavy atom. The third-order valence-electron chi connectivity index (χ3n) is 1.39. The van der Waals surface area contributed by atoms with Crippen LogP contribution >= 0.6 is 7.60 Å². The van der Waals surface area contributed by atoms with Gasteiger partial charge in [-0.3, -0.25) is 4.57 Å². The monoisotopic (exact) mass is 182 g/mol. The molecule has 0 saturated heterocycles. The summed E-state index contributed by atoms with van der Waals surface area (Å²) in [5.41, 5.74) is -0.553. The summed E-state index contributed by atoms with van der Waals surface area (Å²) >= 11 is 0. The summed E-state index contributed by atoms with van der Waals surface area (Å²) in [5, 5.41) is 0. The summed E-state index contributed by atoms with van der Waals surface area (Å²) in [4.78, 5) is 17.5. The Bertz CT molecular complexity index is 169. The molecule has 0 aliphatic carbocycles. The zero-order chi connectivity index (χ0) is 9.28. The summed E-state index contributed by atoms with van der Waals surface area (Å²) in [7, 11) is 1.86. The van der Waals surface area contributed by atoms with E-state index in [0.29, 0.717) is 11.0 Å². The summed E-state index contributed by atoms with van der Waals surface area (Å²) in [5.74, 6) is 0. The van der Waals surface area contributed by atoms with E-state index in [1.807, 2.05) is 21.1 Å². The zero-order valence-electron chi connectivity index (χ0n) is 7.48. The van der Waals surface area contributed by atoms with E-state index >= 15 is 0 Å². The van der Waals surface area contributed by atoms with E-state index in [-0.39, 0.29) is 0 Å². The van der Waals surface area contributed by atoms with E-state index in [2.05, 4.69) is 0 Å². The molecule has 0 bridgehead atoms. The highest BCUT2D eigenvalue weighted by Gasteiger charge is 2.28. The minimum Gasteiger partial charge on any atom is -0.330 e. The smallest absolute Gasteiger partial charge is 0.330 e. The molecule has 0 radical (unpaired) electrons. The first-order valence-corrected chi connectivity index (χ1v) is 5.17. The summed E-state index contributed by atoms with van der Waals surface area (Å²) in [6.07, 6.45) is 0. The summed E-state index contributed by atoms with van der Waals surface area (Å²) < 4.78 is 11.3. The van der Waals surface area contributed by atoms with Crippen LogP contribution in [0.2, 0.25) is 0 Å². The van der Waals surface area contributed by atoms with Gasteiger partial charge in [0.2, 0.25) is 0 Å². The summed E-state index contributed by atoms with van der Waals surface area (Å²) in [6.45, 7) is 2.06. The van der Waals surface area contributed by atoms with Crippen LogP contribution in [0, 0.1) is 0 Å². The minimum atomic E-state index is -3.87. The van der Waals surface area contributed by atoms with Gasteiger partial charge in [-0.05, 0) is 6.92 Å². The fourth-order valence-electron chi connectivity index (χ4n) is 0.899. The molecule has 4 nitrogen and oxygen atoms in total. The molecule has 0 fully saturated rings. The topological polar surface area (TPSA) is 57.5 Å². The molecule has 0 aromatic carbocycles. The van der Waals surface area contributed by atoms with Crippen molar-refractivity contribution in [1.29, 1.82) is 0 Å². The highest BCUT2D eigenvalue weighted by atomic mass is 31.2. The van der Waals surface area contributed by atoms with E-state index in [1.165, 1.54) is 0 Å². The normalized spacial score (nSPS) is 16.5. The van der Waals surface area contributed by atoms with E-state index in [4.69, 9.17) is 9.79 Å². The van der Waals surface area contributed by atoms with Crippen LogP contribution in [0.25, 0.3) is 0 Å². The van der Waals surface area contributed by atoms with E-state index in [1.54, 1.807) is 6.92 Å². The molecule has 1 atom stereocenters. The van der Waals surface area contributed by atoms with Gasteiger partial charge >= 0.3 is 7.60 Å². The van der Waals surface area contributed by atoms with Crippen molar-refractivity contribution < 1.29 is 18.8 Å². The Balaban J connectivity index is 4.10. The van der Waals surface area contributed by atoms with Crippen LogP contribution in [0.4, 0.5) is 0 Å². The van der Waals surface area contributed by atoms with Crippen molar-refractivity contribution >= 4 is 7.60 Å². The standard InChI is InChI=1S/C6H16NO3P/c1-6(11(8,9)10)5-7(2,3)4/h6H,5H2,1-4H3,(H-,8,9,10)/p+1. The molecule has 2 N–H and O–H groups in total. The molecule has 0 rings (SSSR count). The lowest BCUT2D eigenvalue weighted by Crippen LogP contribution is -2.40. The van der Waals surface area contributed by atoms with E-state index < -0.39 is 13.3 Å². The number of hydrogen-bond donors (Lipinski definition) is 2. The number of quaternary nitrogens is 1. The van der Waals surface area contributed by atoms with Crippen LogP contribution in [0.3, 0.4) is 0 Å². The third kappa shape index (κ3) is 5.39. The fourth-order valence-corrected chi connectivity index (χ4v) is 1.60. The van der Waals surface area contributed by atoms with Gasteiger partial charge in [-0.2, -0.15) is 0 Å². The molecule has 5 heteroatoms. The zero-order valence-corrected chi connectivity index (χ0v) is 8.38. The molecular weight excluding hydrogens is 165 g/mol. The molecule has 0 heterocycles. The molecule has 0 aromatic rings. The molecule has 0 spiro atoms. The quantitative estimate of drug-likeness (QED) is 0.486. The lowest BCUT2D eigenvalue weighted by Gasteiger charge is -2.27. The Hall–Kier alpha value is 0.110. The van der Waals surface area contributed by atoms with Crippen LogP contribution in [0.15, 0.2) is 0 Å². The first kappa shape index (κ1) is 11.1. The molecule has 11 heavy (non-hydrogen) atoms. The van der Waals surface area contributed by atoms with Crippen LogP contribution < -0.4 is 0 Å². The Morgan fingerprint density at radius 3 is 1.82 bits per heavy atom. The van der Waals surface area contributed by atoms with Gasteiger partial charge in [0.05, 0.1) is 27.7 Å². The van der Waals surface area contributed by atoms with Crippen molar-refractivity contribution in [3.05, 3.63) is 0 Å². The number of rotatable bonds is 3. The van der Waals surface area contributed by atoms with Crippen molar-refractivity contribution in [2.45, 2.75) is 12.6 Å². The minimum absolute atomic E-state index is 0.490. The highest BCUT2D eigenvalue weighted by molar-refractivity contribution is 7.52. The lowest BCUT2D eigenvalue weighted by atomic mass is 10.4. The molecular formula is C6H17NO3P+. The van der Waals surface area contributed by atoms with Gasteiger partial charge in [-0.15, -0.1) is 0 Å². The van der Waals surface area contributed by atoms with Crippen LogP contribution in [0.5, 0.6) is 0 Å². The highest BCUT2D eigenvalue weighted by Crippen LogP contribution is 2.41. The Labute approximate surface area is 67.6 Å². The van der Waals surface area contributed by atoms with Gasteiger partial charge in [-0.25, -0.2) is 0 Å².